The number of H-pyrrole nitrogens is 1. The predicted octanol–water partition coefficient (Wildman–Crippen LogP) is 5.83. The van der Waals surface area contributed by atoms with E-state index in [1.165, 1.54) is 4.88 Å². The average molecular weight is 487 g/mol. The zero-order valence-corrected chi connectivity index (χ0v) is 19.6. The van der Waals surface area contributed by atoms with Gasteiger partial charge in [-0.2, -0.15) is 5.26 Å². The van der Waals surface area contributed by atoms with Gasteiger partial charge in [0.2, 0.25) is 0 Å². The van der Waals surface area contributed by atoms with Gasteiger partial charge in [0.05, 0.1) is 11.0 Å². The maximum absolute atomic E-state index is 12.9. The van der Waals surface area contributed by atoms with Gasteiger partial charge >= 0.3 is 0 Å². The van der Waals surface area contributed by atoms with Crippen molar-refractivity contribution in [1.82, 2.24) is 9.97 Å². The molecule has 2 N–H and O–H groups in total. The molecule has 1 amide bonds. The molecular weight excluding hydrogens is 468 g/mol. The van der Waals surface area contributed by atoms with Crippen LogP contribution in [-0.2, 0) is 12.8 Å². The molecule has 34 heavy (non-hydrogen) atoms. The van der Waals surface area contributed by atoms with Gasteiger partial charge in [-0.25, -0.2) is 4.98 Å². The highest BCUT2D eigenvalue weighted by Crippen LogP contribution is 2.34. The van der Waals surface area contributed by atoms with Crippen LogP contribution in [0.4, 0.5) is 5.69 Å². The van der Waals surface area contributed by atoms with Crippen molar-refractivity contribution in [2.24, 2.45) is 0 Å². The second kappa shape index (κ2) is 9.26. The Kier molecular flexibility index (Phi) is 6.01. The van der Waals surface area contributed by atoms with Crippen LogP contribution in [0.1, 0.15) is 45.0 Å². The third-order valence-corrected chi connectivity index (χ3v) is 7.20. The summed E-state index contributed by atoms with van der Waals surface area (Å²) in [5.41, 5.74) is 2.90. The lowest BCUT2D eigenvalue weighted by Crippen LogP contribution is -2.12. The van der Waals surface area contributed by atoms with E-state index in [4.69, 9.17) is 11.6 Å². The summed E-state index contributed by atoms with van der Waals surface area (Å²) in [5, 5.41) is 13.9. The van der Waals surface area contributed by atoms with Crippen LogP contribution in [0.3, 0.4) is 0 Å². The zero-order chi connectivity index (χ0) is 23.7. The topological polar surface area (TPSA) is 98.6 Å². The Morgan fingerprint density at radius 2 is 1.97 bits per heavy atom. The van der Waals surface area contributed by atoms with Crippen molar-refractivity contribution >= 4 is 56.4 Å². The number of hydrogen-bond donors (Lipinski definition) is 2. The number of hydrogen-bond acceptors (Lipinski definition) is 5. The van der Waals surface area contributed by atoms with Gasteiger partial charge in [0.15, 0.2) is 5.82 Å². The van der Waals surface area contributed by atoms with Crippen LogP contribution in [0.25, 0.3) is 21.9 Å². The number of benzene rings is 2. The number of allylic oxidation sites excluding steroid dienone is 1. The fraction of sp³-hybridized carbons (Fsp3) is 0.154. The molecule has 2 aromatic carbocycles. The van der Waals surface area contributed by atoms with E-state index in [9.17, 15) is 14.9 Å². The third-order valence-electron chi connectivity index (χ3n) is 5.76. The highest BCUT2D eigenvalue weighted by molar-refractivity contribution is 7.18. The van der Waals surface area contributed by atoms with Gasteiger partial charge in [-0.05, 0) is 79.3 Å². The first-order valence-electron chi connectivity index (χ1n) is 10.9. The Balaban J connectivity index is 1.45. The molecule has 168 valence electrons. The Morgan fingerprint density at radius 3 is 2.76 bits per heavy atom. The molecule has 0 saturated heterocycles. The minimum Gasteiger partial charge on any atom is -0.322 e. The fourth-order valence-corrected chi connectivity index (χ4v) is 5.51. The lowest BCUT2D eigenvalue weighted by molar-refractivity contribution is 0.102. The van der Waals surface area contributed by atoms with Crippen LogP contribution in [0.15, 0.2) is 53.3 Å². The first-order valence-corrected chi connectivity index (χ1v) is 12.0. The predicted molar refractivity (Wildman–Crippen MR) is 136 cm³/mol. The molecule has 6 nitrogen and oxygen atoms in total. The summed E-state index contributed by atoms with van der Waals surface area (Å²) < 4.78 is 0. The van der Waals surface area contributed by atoms with Gasteiger partial charge in [0.25, 0.3) is 11.5 Å². The number of amides is 1. The highest BCUT2D eigenvalue weighted by Gasteiger charge is 2.20. The molecule has 0 fully saturated rings. The van der Waals surface area contributed by atoms with E-state index in [-0.39, 0.29) is 22.9 Å². The summed E-state index contributed by atoms with van der Waals surface area (Å²) in [5.74, 6) is -0.0226. The van der Waals surface area contributed by atoms with E-state index in [1.807, 2.05) is 6.07 Å². The Hall–Kier alpha value is -3.73. The maximum atomic E-state index is 12.9. The number of carbonyl (C=O) groups is 1. The summed E-state index contributed by atoms with van der Waals surface area (Å²) in [6.45, 7) is 0. The van der Waals surface area contributed by atoms with Gasteiger partial charge in [-0.3, -0.25) is 9.59 Å². The number of rotatable bonds is 4. The second-order valence-corrected chi connectivity index (χ2v) is 9.58. The molecule has 1 aliphatic rings. The number of thiophene rings is 1. The van der Waals surface area contributed by atoms with Gasteiger partial charge in [-0.15, -0.1) is 11.3 Å². The van der Waals surface area contributed by atoms with E-state index >= 15 is 0 Å². The Bertz CT molecular complexity index is 1540. The molecule has 2 aromatic heterocycles. The minimum absolute atomic E-state index is 0.204. The third kappa shape index (κ3) is 4.38. The number of carbonyl (C=O) groups excluding carboxylic acids is 1. The average Bonchev–Trinajstić information content (AvgIpc) is 3.22. The van der Waals surface area contributed by atoms with Crippen molar-refractivity contribution in [1.29, 1.82) is 5.26 Å². The van der Waals surface area contributed by atoms with Crippen molar-refractivity contribution < 1.29 is 4.79 Å². The number of fused-ring (bicyclic) bond motifs is 3. The van der Waals surface area contributed by atoms with Crippen molar-refractivity contribution in [2.45, 2.75) is 25.7 Å². The molecule has 0 spiro atoms. The van der Waals surface area contributed by atoms with Gasteiger partial charge in [0.1, 0.15) is 10.9 Å². The van der Waals surface area contributed by atoms with Crippen LogP contribution in [-0.4, -0.2) is 15.9 Å². The summed E-state index contributed by atoms with van der Waals surface area (Å²) in [6.07, 6.45) is 5.72. The Morgan fingerprint density at radius 1 is 1.18 bits per heavy atom. The molecule has 8 heteroatoms. The number of nitrogens with one attached hydrogen (secondary N) is 2. The van der Waals surface area contributed by atoms with Crippen molar-refractivity contribution in [3.05, 3.63) is 91.3 Å². The van der Waals surface area contributed by atoms with Crippen LogP contribution < -0.4 is 10.9 Å². The molecule has 0 aliphatic heterocycles. The molecule has 0 unspecified atom stereocenters. The van der Waals surface area contributed by atoms with E-state index in [0.29, 0.717) is 32.1 Å². The number of nitrogens with zero attached hydrogens (tertiary/aromatic N) is 2. The summed E-state index contributed by atoms with van der Waals surface area (Å²) in [7, 11) is 0. The molecule has 2 heterocycles. The van der Waals surface area contributed by atoms with Crippen LogP contribution in [0, 0.1) is 11.3 Å². The number of halogens is 1. The van der Waals surface area contributed by atoms with Crippen LogP contribution in [0.2, 0.25) is 5.02 Å². The van der Waals surface area contributed by atoms with E-state index in [1.54, 1.807) is 59.9 Å². The number of aryl methyl sites for hydroxylation is 2. The second-order valence-electron chi connectivity index (χ2n) is 8.06. The zero-order valence-electron chi connectivity index (χ0n) is 18.0. The molecule has 4 aromatic rings. The Labute approximate surface area is 204 Å². The number of nitriles is 1. The normalized spacial score (nSPS) is 13.4. The highest BCUT2D eigenvalue weighted by atomic mass is 35.5. The minimum atomic E-state index is -0.267. The molecule has 0 saturated carbocycles. The van der Waals surface area contributed by atoms with Gasteiger partial charge < -0.3 is 10.3 Å². The number of anilines is 1. The summed E-state index contributed by atoms with van der Waals surface area (Å²) in [6, 6.07) is 15.9. The monoisotopic (exact) mass is 486 g/mol. The summed E-state index contributed by atoms with van der Waals surface area (Å²) in [4.78, 5) is 34.7. The lowest BCUT2D eigenvalue weighted by atomic mass is 9.97. The fourth-order valence-electron chi connectivity index (χ4n) is 4.12. The van der Waals surface area contributed by atoms with E-state index < -0.39 is 0 Å². The molecule has 0 atom stereocenters. The van der Waals surface area contributed by atoms with Crippen molar-refractivity contribution in [3.8, 4) is 6.07 Å². The van der Waals surface area contributed by atoms with Gasteiger partial charge in [-0.1, -0.05) is 23.7 Å². The lowest BCUT2D eigenvalue weighted by Gasteiger charge is -2.09. The van der Waals surface area contributed by atoms with Crippen molar-refractivity contribution in [3.63, 3.8) is 0 Å². The SMILES string of the molecule is N#C/C(=C\c1cccc(NC(=O)c2ccc(Cl)cc2)c1)c1nc2sc3c(c2c(=O)[nH]1)CCCC3. The van der Waals surface area contributed by atoms with E-state index in [2.05, 4.69) is 21.4 Å². The van der Waals surface area contributed by atoms with Crippen molar-refractivity contribution in [2.75, 3.05) is 5.32 Å². The molecule has 0 radical (unpaired) electrons. The van der Waals surface area contributed by atoms with E-state index in [0.717, 1.165) is 31.2 Å². The molecular formula is C26H19ClN4O2S. The van der Waals surface area contributed by atoms with Crippen LogP contribution in [0.5, 0.6) is 0 Å². The number of aromatic amines is 1. The smallest absolute Gasteiger partial charge is 0.260 e. The molecule has 0 bridgehead atoms. The van der Waals surface area contributed by atoms with Gasteiger partial charge in [0, 0.05) is 21.2 Å². The molecule has 5 rings (SSSR count). The quantitative estimate of drug-likeness (QED) is 0.354. The number of aromatic nitrogens is 2. The standard InChI is InChI=1S/C26H19ClN4O2S/c27-18-10-8-16(9-11-18)24(32)29-19-5-3-4-15(13-19)12-17(14-28)23-30-25(33)22-20-6-1-2-7-21(20)34-26(22)31-23/h3-5,8-13H,1-2,6-7H2,(H,29,32)(H,30,31,33)/b17-12+. The largest absolute Gasteiger partial charge is 0.322 e. The maximum Gasteiger partial charge on any atom is 0.260 e. The van der Waals surface area contributed by atoms with Crippen LogP contribution >= 0.6 is 22.9 Å². The first-order chi connectivity index (χ1) is 16.5. The molecule has 1 aliphatic carbocycles. The first kappa shape index (κ1) is 22.1. The summed E-state index contributed by atoms with van der Waals surface area (Å²) >= 11 is 7.43.